The molecule has 0 spiro atoms. The van der Waals surface area contributed by atoms with E-state index in [2.05, 4.69) is 15.9 Å². The van der Waals surface area contributed by atoms with Gasteiger partial charge in [0.1, 0.15) is 5.82 Å². The van der Waals surface area contributed by atoms with Crippen LogP contribution in [-0.2, 0) is 14.3 Å². The van der Waals surface area contributed by atoms with Crippen molar-refractivity contribution in [2.75, 3.05) is 6.54 Å². The van der Waals surface area contributed by atoms with Crippen LogP contribution in [0.2, 0.25) is 0 Å². The number of ether oxygens (including phenoxy) is 1. The standard InChI is InChI=1S/C12H9BrFNO3/c1-5-4-15-10(16)12(17)18-11(15)9-6(13)2-3-7(14)8(5)9/h2-3,5,11H,4H2,1H3. The Bertz CT molecular complexity index is 575. The molecule has 94 valence electrons. The van der Waals surface area contributed by atoms with Crippen LogP contribution >= 0.6 is 15.9 Å². The quantitative estimate of drug-likeness (QED) is 0.544. The number of hydrogen-bond acceptors (Lipinski definition) is 3. The molecule has 1 fully saturated rings. The van der Waals surface area contributed by atoms with Gasteiger partial charge < -0.3 is 4.74 Å². The Kier molecular flexibility index (Phi) is 2.45. The molecule has 0 bridgehead atoms. The summed E-state index contributed by atoms with van der Waals surface area (Å²) in [4.78, 5) is 24.3. The van der Waals surface area contributed by atoms with Crippen molar-refractivity contribution >= 4 is 27.8 Å². The first kappa shape index (κ1) is 11.6. The van der Waals surface area contributed by atoms with E-state index in [1.807, 2.05) is 6.92 Å². The highest BCUT2D eigenvalue weighted by molar-refractivity contribution is 9.10. The summed E-state index contributed by atoms with van der Waals surface area (Å²) in [5.74, 6) is -2.05. The van der Waals surface area contributed by atoms with Crippen LogP contribution in [0.3, 0.4) is 0 Å². The van der Waals surface area contributed by atoms with E-state index in [9.17, 15) is 14.0 Å². The Morgan fingerprint density at radius 3 is 2.83 bits per heavy atom. The molecular weight excluding hydrogens is 305 g/mol. The average molecular weight is 314 g/mol. The van der Waals surface area contributed by atoms with E-state index in [1.54, 1.807) is 6.07 Å². The van der Waals surface area contributed by atoms with Crippen LogP contribution in [0.25, 0.3) is 0 Å². The molecular formula is C12H9BrFNO3. The van der Waals surface area contributed by atoms with Gasteiger partial charge in [0.2, 0.25) is 6.23 Å². The molecule has 1 saturated heterocycles. The molecule has 2 aliphatic heterocycles. The topological polar surface area (TPSA) is 46.6 Å². The number of halogens is 2. The van der Waals surface area contributed by atoms with Crippen LogP contribution in [0.15, 0.2) is 16.6 Å². The van der Waals surface area contributed by atoms with Gasteiger partial charge in [-0.1, -0.05) is 22.9 Å². The highest BCUT2D eigenvalue weighted by Gasteiger charge is 2.47. The van der Waals surface area contributed by atoms with Crippen molar-refractivity contribution in [3.63, 3.8) is 0 Å². The molecule has 0 saturated carbocycles. The van der Waals surface area contributed by atoms with E-state index in [4.69, 9.17) is 4.74 Å². The monoisotopic (exact) mass is 313 g/mol. The molecule has 4 nitrogen and oxygen atoms in total. The van der Waals surface area contributed by atoms with Gasteiger partial charge in [-0.15, -0.1) is 0 Å². The minimum absolute atomic E-state index is 0.174. The van der Waals surface area contributed by atoms with E-state index in [0.717, 1.165) is 0 Å². The van der Waals surface area contributed by atoms with Crippen LogP contribution in [0.1, 0.15) is 30.2 Å². The van der Waals surface area contributed by atoms with E-state index < -0.39 is 18.1 Å². The Morgan fingerprint density at radius 2 is 2.11 bits per heavy atom. The lowest BCUT2D eigenvalue weighted by Crippen LogP contribution is -2.37. The maximum atomic E-state index is 13.9. The Balaban J connectivity index is 2.22. The van der Waals surface area contributed by atoms with Gasteiger partial charge in [0.05, 0.1) is 0 Å². The normalized spacial score (nSPS) is 25.8. The minimum atomic E-state index is -0.879. The van der Waals surface area contributed by atoms with E-state index in [-0.39, 0.29) is 18.3 Å². The summed E-state index contributed by atoms with van der Waals surface area (Å²) >= 11 is 3.32. The van der Waals surface area contributed by atoms with Crippen molar-refractivity contribution in [1.29, 1.82) is 0 Å². The van der Waals surface area contributed by atoms with E-state index in [1.165, 1.54) is 11.0 Å². The summed E-state index contributed by atoms with van der Waals surface area (Å²) in [7, 11) is 0. The Hall–Kier alpha value is -1.43. The largest absolute Gasteiger partial charge is 0.430 e. The average Bonchev–Trinajstić information content (AvgIpc) is 2.60. The fourth-order valence-corrected chi connectivity index (χ4v) is 3.10. The lowest BCUT2D eigenvalue weighted by Gasteiger charge is -2.34. The van der Waals surface area contributed by atoms with Crippen molar-refractivity contribution in [1.82, 2.24) is 4.90 Å². The molecule has 3 rings (SSSR count). The first-order chi connectivity index (χ1) is 8.50. The van der Waals surface area contributed by atoms with Gasteiger partial charge in [-0.2, -0.15) is 0 Å². The third kappa shape index (κ3) is 1.41. The number of carbonyl (C=O) groups is 2. The number of amides is 1. The molecule has 2 atom stereocenters. The minimum Gasteiger partial charge on any atom is -0.430 e. The number of hydrogen-bond donors (Lipinski definition) is 0. The van der Waals surface area contributed by atoms with Crippen LogP contribution < -0.4 is 0 Å². The second-order valence-electron chi connectivity index (χ2n) is 4.47. The zero-order valence-corrected chi connectivity index (χ0v) is 11.0. The molecule has 0 radical (unpaired) electrons. The summed E-state index contributed by atoms with van der Waals surface area (Å²) < 4.78 is 19.6. The van der Waals surface area contributed by atoms with E-state index >= 15 is 0 Å². The zero-order valence-electron chi connectivity index (χ0n) is 9.44. The molecule has 1 aromatic rings. The van der Waals surface area contributed by atoms with Gasteiger partial charge in [-0.3, -0.25) is 9.69 Å². The first-order valence-electron chi connectivity index (χ1n) is 5.50. The highest BCUT2D eigenvalue weighted by atomic mass is 79.9. The fourth-order valence-electron chi connectivity index (χ4n) is 2.55. The molecule has 0 aliphatic carbocycles. The maximum Gasteiger partial charge on any atom is 0.399 e. The SMILES string of the molecule is CC1CN2C(=O)C(=O)OC2c2c(Br)ccc(F)c21. The van der Waals surface area contributed by atoms with Crippen molar-refractivity contribution in [2.24, 2.45) is 0 Å². The van der Waals surface area contributed by atoms with Crippen LogP contribution in [0.4, 0.5) is 4.39 Å². The van der Waals surface area contributed by atoms with Crippen LogP contribution in [-0.4, -0.2) is 23.3 Å². The molecule has 18 heavy (non-hydrogen) atoms. The van der Waals surface area contributed by atoms with Crippen molar-refractivity contribution in [2.45, 2.75) is 19.1 Å². The Labute approximate surface area is 111 Å². The van der Waals surface area contributed by atoms with Gasteiger partial charge in [-0.25, -0.2) is 9.18 Å². The smallest absolute Gasteiger partial charge is 0.399 e. The van der Waals surface area contributed by atoms with Gasteiger partial charge in [0, 0.05) is 28.1 Å². The lowest BCUT2D eigenvalue weighted by atomic mass is 9.89. The van der Waals surface area contributed by atoms with Gasteiger partial charge in [0.25, 0.3) is 0 Å². The second kappa shape index (κ2) is 3.78. The number of carbonyl (C=O) groups excluding carboxylic acids is 2. The molecule has 0 aromatic heterocycles. The van der Waals surface area contributed by atoms with Crippen molar-refractivity contribution < 1.29 is 18.7 Å². The lowest BCUT2D eigenvalue weighted by molar-refractivity contribution is -0.149. The summed E-state index contributed by atoms with van der Waals surface area (Å²) in [6.07, 6.45) is -0.804. The molecule has 2 unspecified atom stereocenters. The van der Waals surface area contributed by atoms with Gasteiger partial charge in [0.15, 0.2) is 0 Å². The number of benzene rings is 1. The van der Waals surface area contributed by atoms with Crippen LogP contribution in [0.5, 0.6) is 0 Å². The molecule has 0 N–H and O–H groups in total. The Morgan fingerprint density at radius 1 is 1.39 bits per heavy atom. The number of nitrogens with zero attached hydrogens (tertiary/aromatic N) is 1. The molecule has 2 aliphatic rings. The zero-order chi connectivity index (χ0) is 13.0. The van der Waals surface area contributed by atoms with Gasteiger partial charge in [-0.05, 0) is 12.1 Å². The molecule has 6 heteroatoms. The van der Waals surface area contributed by atoms with Crippen LogP contribution in [0, 0.1) is 5.82 Å². The maximum absolute atomic E-state index is 13.9. The molecule has 2 heterocycles. The highest BCUT2D eigenvalue weighted by Crippen LogP contribution is 2.44. The first-order valence-corrected chi connectivity index (χ1v) is 6.29. The third-order valence-electron chi connectivity index (χ3n) is 3.33. The van der Waals surface area contributed by atoms with Gasteiger partial charge >= 0.3 is 11.9 Å². The summed E-state index contributed by atoms with van der Waals surface area (Å²) in [6.45, 7) is 2.11. The number of fused-ring (bicyclic) bond motifs is 3. The molecule has 1 aromatic carbocycles. The predicted octanol–water partition coefficient (Wildman–Crippen LogP) is 2.09. The third-order valence-corrected chi connectivity index (χ3v) is 4.02. The summed E-state index contributed by atoms with van der Waals surface area (Å²) in [6, 6.07) is 2.93. The molecule has 1 amide bonds. The summed E-state index contributed by atoms with van der Waals surface area (Å²) in [5.41, 5.74) is 1.04. The van der Waals surface area contributed by atoms with Crippen molar-refractivity contribution in [3.05, 3.63) is 33.5 Å². The summed E-state index contributed by atoms with van der Waals surface area (Å²) in [5, 5.41) is 0. The predicted molar refractivity (Wildman–Crippen MR) is 63.1 cm³/mol. The van der Waals surface area contributed by atoms with Crippen molar-refractivity contribution in [3.8, 4) is 0 Å². The van der Waals surface area contributed by atoms with E-state index in [0.29, 0.717) is 15.6 Å². The number of esters is 1. The second-order valence-corrected chi connectivity index (χ2v) is 5.33. The number of rotatable bonds is 0. The fraction of sp³-hybridized carbons (Fsp3) is 0.333.